The number of rotatable bonds is 4. The molecule has 0 aliphatic rings. The SMILES string of the molecule is COc1ccc(C)cc1NC(=O)/C=C/c1cccc(Cl)c1. The van der Waals surface area contributed by atoms with Crippen molar-refractivity contribution in [1.82, 2.24) is 0 Å². The first kappa shape index (κ1) is 15.1. The predicted molar refractivity (Wildman–Crippen MR) is 86.8 cm³/mol. The van der Waals surface area contributed by atoms with Crippen molar-refractivity contribution >= 4 is 29.3 Å². The second-order valence-corrected chi connectivity index (χ2v) is 5.02. The molecule has 0 atom stereocenters. The third-order valence-electron chi connectivity index (χ3n) is 2.89. The molecule has 0 aromatic heterocycles. The van der Waals surface area contributed by atoms with Gasteiger partial charge in [-0.05, 0) is 48.4 Å². The monoisotopic (exact) mass is 301 g/mol. The molecule has 0 saturated carbocycles. The number of carbonyl (C=O) groups excluding carboxylic acids is 1. The fourth-order valence-electron chi connectivity index (χ4n) is 1.88. The summed E-state index contributed by atoms with van der Waals surface area (Å²) in [6.07, 6.45) is 3.18. The van der Waals surface area contributed by atoms with Gasteiger partial charge in [-0.2, -0.15) is 0 Å². The molecule has 0 radical (unpaired) electrons. The van der Waals surface area contributed by atoms with Crippen molar-refractivity contribution < 1.29 is 9.53 Å². The molecule has 0 aliphatic carbocycles. The largest absolute Gasteiger partial charge is 0.495 e. The lowest BCUT2D eigenvalue weighted by Gasteiger charge is -2.09. The molecule has 0 heterocycles. The molecule has 0 spiro atoms. The Hall–Kier alpha value is -2.26. The molecule has 2 rings (SSSR count). The average Bonchev–Trinajstić information content (AvgIpc) is 2.45. The van der Waals surface area contributed by atoms with Gasteiger partial charge in [0.05, 0.1) is 12.8 Å². The number of halogens is 1. The van der Waals surface area contributed by atoms with Crippen LogP contribution in [0.1, 0.15) is 11.1 Å². The van der Waals surface area contributed by atoms with E-state index in [0.717, 1.165) is 11.1 Å². The minimum absolute atomic E-state index is 0.223. The summed E-state index contributed by atoms with van der Waals surface area (Å²) >= 11 is 5.90. The topological polar surface area (TPSA) is 38.3 Å². The lowest BCUT2D eigenvalue weighted by Crippen LogP contribution is -2.09. The highest BCUT2D eigenvalue weighted by Gasteiger charge is 2.05. The zero-order chi connectivity index (χ0) is 15.2. The quantitative estimate of drug-likeness (QED) is 0.855. The van der Waals surface area contributed by atoms with Gasteiger partial charge in [-0.1, -0.05) is 29.8 Å². The predicted octanol–water partition coefficient (Wildman–Crippen LogP) is 4.31. The van der Waals surface area contributed by atoms with Crippen molar-refractivity contribution in [2.45, 2.75) is 6.92 Å². The van der Waals surface area contributed by atoms with Crippen LogP contribution in [0.3, 0.4) is 0 Å². The number of benzene rings is 2. The molecule has 0 aliphatic heterocycles. The summed E-state index contributed by atoms with van der Waals surface area (Å²) in [7, 11) is 1.57. The Morgan fingerprint density at radius 1 is 1.24 bits per heavy atom. The van der Waals surface area contributed by atoms with Crippen molar-refractivity contribution in [3.8, 4) is 5.75 Å². The van der Waals surface area contributed by atoms with E-state index in [2.05, 4.69) is 5.32 Å². The molecule has 3 nitrogen and oxygen atoms in total. The first-order valence-electron chi connectivity index (χ1n) is 6.48. The van der Waals surface area contributed by atoms with Gasteiger partial charge in [0.1, 0.15) is 5.75 Å². The summed E-state index contributed by atoms with van der Waals surface area (Å²) in [6.45, 7) is 1.96. The Morgan fingerprint density at radius 2 is 2.05 bits per heavy atom. The number of methoxy groups -OCH3 is 1. The van der Waals surface area contributed by atoms with Crippen LogP contribution in [0.4, 0.5) is 5.69 Å². The summed E-state index contributed by atoms with van der Waals surface area (Å²) < 4.78 is 5.22. The molecule has 21 heavy (non-hydrogen) atoms. The van der Waals surface area contributed by atoms with Crippen molar-refractivity contribution in [2.75, 3.05) is 12.4 Å². The van der Waals surface area contributed by atoms with Crippen LogP contribution in [0.5, 0.6) is 5.75 Å². The highest BCUT2D eigenvalue weighted by Crippen LogP contribution is 2.25. The number of anilines is 1. The molecular weight excluding hydrogens is 286 g/mol. The molecule has 0 unspecified atom stereocenters. The molecule has 108 valence electrons. The van der Waals surface area contributed by atoms with E-state index in [4.69, 9.17) is 16.3 Å². The standard InChI is InChI=1S/C17H16ClNO2/c1-12-6-8-16(21-2)15(10-12)19-17(20)9-7-13-4-3-5-14(18)11-13/h3-11H,1-2H3,(H,19,20)/b9-7+. The van der Waals surface area contributed by atoms with Gasteiger partial charge in [-0.3, -0.25) is 4.79 Å². The van der Waals surface area contributed by atoms with Gasteiger partial charge >= 0.3 is 0 Å². The Morgan fingerprint density at radius 3 is 2.76 bits per heavy atom. The van der Waals surface area contributed by atoms with E-state index >= 15 is 0 Å². The lowest BCUT2D eigenvalue weighted by atomic mass is 10.2. The van der Waals surface area contributed by atoms with Crippen LogP contribution in [0, 0.1) is 6.92 Å². The van der Waals surface area contributed by atoms with Gasteiger partial charge < -0.3 is 10.1 Å². The van der Waals surface area contributed by atoms with Crippen molar-refractivity contribution in [3.63, 3.8) is 0 Å². The molecule has 4 heteroatoms. The minimum atomic E-state index is -0.223. The normalized spacial score (nSPS) is 10.6. The van der Waals surface area contributed by atoms with E-state index in [1.54, 1.807) is 25.3 Å². The summed E-state index contributed by atoms with van der Waals surface area (Å²) in [5, 5.41) is 3.44. The molecule has 2 aromatic rings. The summed E-state index contributed by atoms with van der Waals surface area (Å²) in [4.78, 5) is 12.0. The minimum Gasteiger partial charge on any atom is -0.495 e. The van der Waals surface area contributed by atoms with Crippen molar-refractivity contribution in [3.05, 3.63) is 64.7 Å². The van der Waals surface area contributed by atoms with Crippen LogP contribution in [-0.2, 0) is 4.79 Å². The number of nitrogens with one attached hydrogen (secondary N) is 1. The van der Waals surface area contributed by atoms with Crippen molar-refractivity contribution in [1.29, 1.82) is 0 Å². The van der Waals surface area contributed by atoms with Gasteiger partial charge in [0.25, 0.3) is 0 Å². The van der Waals surface area contributed by atoms with Crippen LogP contribution < -0.4 is 10.1 Å². The lowest BCUT2D eigenvalue weighted by molar-refractivity contribution is -0.111. The van der Waals surface area contributed by atoms with E-state index < -0.39 is 0 Å². The van der Waals surface area contributed by atoms with Gasteiger partial charge in [-0.15, -0.1) is 0 Å². The Kier molecular flexibility index (Phi) is 5.01. The molecule has 1 amide bonds. The zero-order valence-corrected chi connectivity index (χ0v) is 12.6. The second kappa shape index (κ2) is 6.95. The second-order valence-electron chi connectivity index (χ2n) is 4.58. The maximum Gasteiger partial charge on any atom is 0.248 e. The van der Waals surface area contributed by atoms with Gasteiger partial charge in [0, 0.05) is 11.1 Å². The average molecular weight is 302 g/mol. The number of aryl methyl sites for hydroxylation is 1. The molecule has 1 N–H and O–H groups in total. The van der Waals surface area contributed by atoms with E-state index in [1.807, 2.05) is 37.3 Å². The first-order valence-corrected chi connectivity index (χ1v) is 6.85. The Bertz CT molecular complexity index is 680. The van der Waals surface area contributed by atoms with Crippen LogP contribution in [-0.4, -0.2) is 13.0 Å². The maximum atomic E-state index is 12.0. The Labute approximate surface area is 129 Å². The molecule has 0 bridgehead atoms. The smallest absolute Gasteiger partial charge is 0.248 e. The number of amides is 1. The first-order chi connectivity index (χ1) is 10.1. The number of hydrogen-bond donors (Lipinski definition) is 1. The molecule has 0 saturated heterocycles. The van der Waals surface area contributed by atoms with Gasteiger partial charge in [0.15, 0.2) is 0 Å². The number of hydrogen-bond acceptors (Lipinski definition) is 2. The van der Waals surface area contributed by atoms with E-state index in [-0.39, 0.29) is 5.91 Å². The number of ether oxygens (including phenoxy) is 1. The maximum absolute atomic E-state index is 12.0. The fourth-order valence-corrected chi connectivity index (χ4v) is 2.07. The number of carbonyl (C=O) groups is 1. The van der Waals surface area contributed by atoms with Crippen LogP contribution >= 0.6 is 11.6 Å². The van der Waals surface area contributed by atoms with E-state index in [1.165, 1.54) is 6.08 Å². The van der Waals surface area contributed by atoms with Crippen molar-refractivity contribution in [2.24, 2.45) is 0 Å². The fraction of sp³-hybridized carbons (Fsp3) is 0.118. The highest BCUT2D eigenvalue weighted by molar-refractivity contribution is 6.30. The third-order valence-corrected chi connectivity index (χ3v) is 3.12. The van der Waals surface area contributed by atoms with Crippen LogP contribution in [0.15, 0.2) is 48.5 Å². The third kappa shape index (κ3) is 4.36. The van der Waals surface area contributed by atoms with Crippen LogP contribution in [0.25, 0.3) is 6.08 Å². The summed E-state index contributed by atoms with van der Waals surface area (Å²) in [5.74, 6) is 0.406. The van der Waals surface area contributed by atoms with E-state index in [9.17, 15) is 4.79 Å². The zero-order valence-electron chi connectivity index (χ0n) is 11.9. The summed E-state index contributed by atoms with van der Waals surface area (Å²) in [5.41, 5.74) is 2.57. The molecule has 0 fully saturated rings. The highest BCUT2D eigenvalue weighted by atomic mass is 35.5. The molecule has 2 aromatic carbocycles. The molecular formula is C17H16ClNO2. The van der Waals surface area contributed by atoms with Gasteiger partial charge in [0.2, 0.25) is 5.91 Å². The van der Waals surface area contributed by atoms with Gasteiger partial charge in [-0.25, -0.2) is 0 Å². The summed E-state index contributed by atoms with van der Waals surface area (Å²) in [6, 6.07) is 12.9. The van der Waals surface area contributed by atoms with E-state index in [0.29, 0.717) is 16.5 Å². The Balaban J connectivity index is 2.10. The van der Waals surface area contributed by atoms with Crippen LogP contribution in [0.2, 0.25) is 5.02 Å².